The molecule has 0 radical (unpaired) electrons. The van der Waals surface area contributed by atoms with Crippen LogP contribution in [0.25, 0.3) is 0 Å². The van der Waals surface area contributed by atoms with Crippen LogP contribution in [0.2, 0.25) is 5.02 Å². The van der Waals surface area contributed by atoms with E-state index in [1.807, 2.05) is 25.3 Å². The van der Waals surface area contributed by atoms with E-state index in [2.05, 4.69) is 15.9 Å². The third-order valence-electron chi connectivity index (χ3n) is 2.87. The van der Waals surface area contributed by atoms with Gasteiger partial charge in [-0.2, -0.15) is 0 Å². The fourth-order valence-corrected chi connectivity index (χ4v) is 3.61. The summed E-state index contributed by atoms with van der Waals surface area (Å²) in [6.45, 7) is 3.87. The van der Waals surface area contributed by atoms with Crippen LogP contribution >= 0.6 is 38.9 Å². The van der Waals surface area contributed by atoms with Crippen molar-refractivity contribution >= 4 is 38.9 Å². The van der Waals surface area contributed by atoms with Gasteiger partial charge in [-0.3, -0.25) is 0 Å². The summed E-state index contributed by atoms with van der Waals surface area (Å²) in [5.74, 6) is -0.127. The van der Waals surface area contributed by atoms with E-state index in [9.17, 15) is 4.39 Å². The Hall–Kier alpha value is -0.620. The molecule has 6 heteroatoms. The summed E-state index contributed by atoms with van der Waals surface area (Å²) in [4.78, 5) is 1.04. The second kappa shape index (κ2) is 6.43. The minimum absolute atomic E-state index is 0.0499. The molecule has 0 aliphatic carbocycles. The van der Waals surface area contributed by atoms with Gasteiger partial charge in [-0.15, -0.1) is 11.3 Å². The summed E-state index contributed by atoms with van der Waals surface area (Å²) in [7, 11) is 0. The molecular formula is C14H14BrClFNOS. The van der Waals surface area contributed by atoms with Crippen LogP contribution in [0.5, 0.6) is 5.75 Å². The largest absolute Gasteiger partial charge is 0.482 e. The van der Waals surface area contributed by atoms with Gasteiger partial charge in [0.2, 0.25) is 0 Å². The molecule has 2 unspecified atom stereocenters. The molecule has 0 saturated heterocycles. The van der Waals surface area contributed by atoms with Gasteiger partial charge in [0.15, 0.2) is 0 Å². The number of halogens is 3. The highest BCUT2D eigenvalue weighted by Crippen LogP contribution is 2.36. The van der Waals surface area contributed by atoms with E-state index in [-0.39, 0.29) is 17.2 Å². The smallest absolute Gasteiger partial charge is 0.148 e. The number of rotatable bonds is 4. The van der Waals surface area contributed by atoms with Gasteiger partial charge in [0.05, 0.1) is 9.50 Å². The molecule has 1 aromatic carbocycles. The minimum atomic E-state index is -0.517. The number of ether oxygens (including phenoxy) is 1. The molecule has 2 aromatic rings. The topological polar surface area (TPSA) is 35.2 Å². The number of thiophene rings is 1. The summed E-state index contributed by atoms with van der Waals surface area (Å²) < 4.78 is 20.1. The third kappa shape index (κ3) is 3.34. The lowest BCUT2D eigenvalue weighted by atomic mass is 10.1. The lowest BCUT2D eigenvalue weighted by Crippen LogP contribution is -2.29. The SMILES string of the molecule is Cc1ccsc1C(Oc1cc(F)c(Cl)cc1Br)C(C)N. The van der Waals surface area contributed by atoms with Crippen molar-refractivity contribution in [3.63, 3.8) is 0 Å². The van der Waals surface area contributed by atoms with Crippen molar-refractivity contribution in [2.75, 3.05) is 0 Å². The Labute approximate surface area is 134 Å². The summed E-state index contributed by atoms with van der Waals surface area (Å²) in [6.07, 6.45) is -0.327. The zero-order valence-corrected chi connectivity index (χ0v) is 14.2. The van der Waals surface area contributed by atoms with Crippen LogP contribution in [-0.4, -0.2) is 6.04 Å². The summed E-state index contributed by atoms with van der Waals surface area (Å²) in [5, 5.41) is 2.04. The van der Waals surface area contributed by atoms with E-state index in [0.29, 0.717) is 10.2 Å². The van der Waals surface area contributed by atoms with E-state index in [4.69, 9.17) is 22.1 Å². The van der Waals surface area contributed by atoms with Gasteiger partial charge >= 0.3 is 0 Å². The number of nitrogens with two attached hydrogens (primary N) is 1. The first-order chi connectivity index (χ1) is 9.40. The lowest BCUT2D eigenvalue weighted by Gasteiger charge is -2.23. The maximum atomic E-state index is 13.6. The van der Waals surface area contributed by atoms with Crippen molar-refractivity contribution in [2.45, 2.75) is 26.0 Å². The average Bonchev–Trinajstić information content (AvgIpc) is 2.78. The van der Waals surface area contributed by atoms with Crippen molar-refractivity contribution in [3.05, 3.63) is 49.3 Å². The fourth-order valence-electron chi connectivity index (χ4n) is 1.81. The fraction of sp³-hybridized carbons (Fsp3) is 0.286. The molecule has 108 valence electrons. The van der Waals surface area contributed by atoms with Gasteiger partial charge in [0.1, 0.15) is 17.7 Å². The van der Waals surface area contributed by atoms with Gasteiger partial charge in [-0.25, -0.2) is 4.39 Å². The predicted octanol–water partition coefficient (Wildman–Crippen LogP) is 5.08. The van der Waals surface area contributed by atoms with E-state index >= 15 is 0 Å². The number of aryl methyl sites for hydroxylation is 1. The quantitative estimate of drug-likeness (QED) is 0.753. The molecule has 2 atom stereocenters. The van der Waals surface area contributed by atoms with Crippen molar-refractivity contribution in [1.29, 1.82) is 0 Å². The maximum Gasteiger partial charge on any atom is 0.148 e. The molecule has 2 rings (SSSR count). The highest BCUT2D eigenvalue weighted by molar-refractivity contribution is 9.10. The molecule has 20 heavy (non-hydrogen) atoms. The van der Waals surface area contributed by atoms with Crippen LogP contribution in [0.3, 0.4) is 0 Å². The van der Waals surface area contributed by atoms with Crippen molar-refractivity contribution in [3.8, 4) is 5.75 Å². The van der Waals surface area contributed by atoms with Gasteiger partial charge in [-0.05, 0) is 52.9 Å². The zero-order valence-electron chi connectivity index (χ0n) is 11.0. The molecule has 1 heterocycles. The molecule has 0 fully saturated rings. The molecule has 0 saturated carbocycles. The van der Waals surface area contributed by atoms with E-state index in [1.54, 1.807) is 11.3 Å². The molecule has 2 N–H and O–H groups in total. The Morgan fingerprint density at radius 1 is 1.45 bits per heavy atom. The van der Waals surface area contributed by atoms with E-state index in [0.717, 1.165) is 10.4 Å². The predicted molar refractivity (Wildman–Crippen MR) is 85.2 cm³/mol. The first-order valence-corrected chi connectivity index (χ1v) is 8.06. The molecule has 0 aliphatic heterocycles. The Kier molecular flexibility index (Phi) is 5.07. The molecule has 0 amide bonds. The monoisotopic (exact) mass is 377 g/mol. The van der Waals surface area contributed by atoms with Gasteiger partial charge in [0, 0.05) is 17.0 Å². The van der Waals surface area contributed by atoms with Crippen LogP contribution in [0, 0.1) is 12.7 Å². The summed E-state index contributed by atoms with van der Waals surface area (Å²) in [5.41, 5.74) is 7.12. The average molecular weight is 379 g/mol. The van der Waals surface area contributed by atoms with Gasteiger partial charge < -0.3 is 10.5 Å². The molecule has 1 aromatic heterocycles. The Balaban J connectivity index is 2.35. The highest BCUT2D eigenvalue weighted by Gasteiger charge is 2.23. The first-order valence-electron chi connectivity index (χ1n) is 6.01. The number of benzene rings is 1. The van der Waals surface area contributed by atoms with Crippen LogP contribution < -0.4 is 10.5 Å². The second-order valence-electron chi connectivity index (χ2n) is 4.56. The summed E-state index contributed by atoms with van der Waals surface area (Å²) >= 11 is 10.6. The number of hydrogen-bond donors (Lipinski definition) is 1. The zero-order chi connectivity index (χ0) is 14.9. The molecule has 0 aliphatic rings. The van der Waals surface area contributed by atoms with E-state index < -0.39 is 5.82 Å². The highest BCUT2D eigenvalue weighted by atomic mass is 79.9. The normalized spacial score (nSPS) is 14.1. The molecule has 0 bridgehead atoms. The third-order valence-corrected chi connectivity index (χ3v) is 4.86. The van der Waals surface area contributed by atoms with Gasteiger partial charge in [-0.1, -0.05) is 11.6 Å². The van der Waals surface area contributed by atoms with Gasteiger partial charge in [0.25, 0.3) is 0 Å². The van der Waals surface area contributed by atoms with Crippen molar-refractivity contribution in [2.24, 2.45) is 5.73 Å². The molecule has 0 spiro atoms. The number of hydrogen-bond acceptors (Lipinski definition) is 3. The molecule has 2 nitrogen and oxygen atoms in total. The Morgan fingerprint density at radius 2 is 2.15 bits per heavy atom. The second-order valence-corrected chi connectivity index (χ2v) is 6.77. The molecular weight excluding hydrogens is 365 g/mol. The van der Waals surface area contributed by atoms with E-state index in [1.165, 1.54) is 12.1 Å². The van der Waals surface area contributed by atoms with Crippen molar-refractivity contribution in [1.82, 2.24) is 0 Å². The summed E-state index contributed by atoms with van der Waals surface area (Å²) in [6, 6.07) is 4.53. The van der Waals surface area contributed by atoms with Crippen molar-refractivity contribution < 1.29 is 9.13 Å². The van der Waals surface area contributed by atoms with Crippen LogP contribution in [0.1, 0.15) is 23.5 Å². The lowest BCUT2D eigenvalue weighted by molar-refractivity contribution is 0.181. The Bertz CT molecular complexity index is 617. The standard InChI is InChI=1S/C14H14BrClFNOS/c1-7-3-4-20-14(7)13(8(2)18)19-12-6-11(17)10(16)5-9(12)15/h3-6,8,13H,18H2,1-2H3. The van der Waals surface area contributed by atoms with Crippen LogP contribution in [0.15, 0.2) is 28.1 Å². The Morgan fingerprint density at radius 3 is 2.70 bits per heavy atom. The minimum Gasteiger partial charge on any atom is -0.482 e. The first kappa shape index (κ1) is 15.8. The maximum absolute atomic E-state index is 13.6. The van der Waals surface area contributed by atoms with Crippen LogP contribution in [0.4, 0.5) is 4.39 Å². The van der Waals surface area contributed by atoms with Crippen LogP contribution in [-0.2, 0) is 0 Å².